The van der Waals surface area contributed by atoms with Crippen molar-refractivity contribution in [3.63, 3.8) is 0 Å². The molecule has 0 saturated carbocycles. The molecule has 0 aromatic heterocycles. The van der Waals surface area contributed by atoms with E-state index in [9.17, 15) is 4.79 Å². The average Bonchev–Trinajstić information content (AvgIpc) is 2.36. The van der Waals surface area contributed by atoms with Crippen LogP contribution in [-0.4, -0.2) is 43.2 Å². The molecule has 1 aromatic rings. The summed E-state index contributed by atoms with van der Waals surface area (Å²) in [5.74, 6) is -0.0285. The number of ether oxygens (including phenoxy) is 1. The number of carbonyl (C=O) groups is 1. The lowest BCUT2D eigenvalue weighted by Crippen LogP contribution is -2.47. The maximum atomic E-state index is 12.0. The predicted octanol–water partition coefficient (Wildman–Crippen LogP) is 1.69. The molecule has 1 fully saturated rings. The SMILES string of the molecule is CC1COCCN1CC(=O)Nc1ccc(N)cc1Br. The van der Waals surface area contributed by atoms with Crippen LogP contribution in [0, 0.1) is 0 Å². The summed E-state index contributed by atoms with van der Waals surface area (Å²) >= 11 is 3.38. The highest BCUT2D eigenvalue weighted by atomic mass is 79.9. The number of anilines is 2. The van der Waals surface area contributed by atoms with Crippen LogP contribution in [0.2, 0.25) is 0 Å². The van der Waals surface area contributed by atoms with E-state index in [0.717, 1.165) is 16.7 Å². The number of rotatable bonds is 3. The smallest absolute Gasteiger partial charge is 0.238 e. The number of benzene rings is 1. The van der Waals surface area contributed by atoms with Crippen LogP contribution in [0.15, 0.2) is 22.7 Å². The van der Waals surface area contributed by atoms with E-state index < -0.39 is 0 Å². The van der Waals surface area contributed by atoms with Gasteiger partial charge in [-0.3, -0.25) is 9.69 Å². The fraction of sp³-hybridized carbons (Fsp3) is 0.462. The number of nitrogens with two attached hydrogens (primary N) is 1. The monoisotopic (exact) mass is 327 g/mol. The van der Waals surface area contributed by atoms with E-state index in [1.54, 1.807) is 18.2 Å². The molecule has 3 N–H and O–H groups in total. The highest BCUT2D eigenvalue weighted by molar-refractivity contribution is 9.10. The molecule has 0 bridgehead atoms. The Kier molecular flexibility index (Phi) is 4.79. The molecule has 1 atom stereocenters. The Morgan fingerprint density at radius 1 is 1.63 bits per heavy atom. The van der Waals surface area contributed by atoms with E-state index in [1.165, 1.54) is 0 Å². The third kappa shape index (κ3) is 3.92. The van der Waals surface area contributed by atoms with Gasteiger partial charge >= 0.3 is 0 Å². The summed E-state index contributed by atoms with van der Waals surface area (Å²) in [6, 6.07) is 5.60. The first-order valence-corrected chi connectivity index (χ1v) is 7.02. The first-order valence-electron chi connectivity index (χ1n) is 6.23. The van der Waals surface area contributed by atoms with Crippen molar-refractivity contribution >= 4 is 33.2 Å². The van der Waals surface area contributed by atoms with Gasteiger partial charge in [-0.05, 0) is 41.1 Å². The van der Waals surface area contributed by atoms with Gasteiger partial charge in [0.05, 0.1) is 25.4 Å². The summed E-state index contributed by atoms with van der Waals surface area (Å²) in [6.45, 7) is 4.59. The van der Waals surface area contributed by atoms with Crippen LogP contribution in [0.25, 0.3) is 0 Å². The number of hydrogen-bond donors (Lipinski definition) is 2. The van der Waals surface area contributed by atoms with Crippen LogP contribution in [0.4, 0.5) is 11.4 Å². The van der Waals surface area contributed by atoms with Gasteiger partial charge in [-0.1, -0.05) is 0 Å². The maximum absolute atomic E-state index is 12.0. The number of amides is 1. The molecule has 1 aliphatic rings. The zero-order valence-electron chi connectivity index (χ0n) is 10.9. The summed E-state index contributed by atoms with van der Waals surface area (Å²) in [5.41, 5.74) is 7.06. The average molecular weight is 328 g/mol. The highest BCUT2D eigenvalue weighted by Gasteiger charge is 2.21. The van der Waals surface area contributed by atoms with Crippen molar-refractivity contribution in [1.82, 2.24) is 4.90 Å². The molecule has 1 aliphatic heterocycles. The Morgan fingerprint density at radius 3 is 3.11 bits per heavy atom. The van der Waals surface area contributed by atoms with Gasteiger partial charge in [0, 0.05) is 22.7 Å². The van der Waals surface area contributed by atoms with E-state index in [4.69, 9.17) is 10.5 Å². The minimum atomic E-state index is -0.0285. The van der Waals surface area contributed by atoms with Crippen molar-refractivity contribution in [2.75, 3.05) is 37.4 Å². The van der Waals surface area contributed by atoms with Gasteiger partial charge in [0.2, 0.25) is 5.91 Å². The van der Waals surface area contributed by atoms with Crippen molar-refractivity contribution in [2.45, 2.75) is 13.0 Å². The van der Waals surface area contributed by atoms with Gasteiger partial charge in [0.15, 0.2) is 0 Å². The molecule has 2 rings (SSSR count). The number of hydrogen-bond acceptors (Lipinski definition) is 4. The van der Waals surface area contributed by atoms with Crippen LogP contribution < -0.4 is 11.1 Å². The molecule has 1 amide bonds. The molecule has 1 heterocycles. The van der Waals surface area contributed by atoms with Gasteiger partial charge in [0.1, 0.15) is 0 Å². The third-order valence-corrected chi connectivity index (χ3v) is 3.78. The van der Waals surface area contributed by atoms with Crippen LogP contribution in [-0.2, 0) is 9.53 Å². The lowest BCUT2D eigenvalue weighted by molar-refractivity contribution is -0.119. The first kappa shape index (κ1) is 14.3. The van der Waals surface area contributed by atoms with Crippen LogP contribution in [0.1, 0.15) is 6.92 Å². The molecular weight excluding hydrogens is 310 g/mol. The number of nitrogens with one attached hydrogen (secondary N) is 1. The molecule has 1 saturated heterocycles. The van der Waals surface area contributed by atoms with Gasteiger partial charge in [0.25, 0.3) is 0 Å². The zero-order chi connectivity index (χ0) is 13.8. The molecule has 0 radical (unpaired) electrons. The van der Waals surface area contributed by atoms with Crippen molar-refractivity contribution in [2.24, 2.45) is 0 Å². The second kappa shape index (κ2) is 6.36. The lowest BCUT2D eigenvalue weighted by atomic mass is 10.2. The summed E-state index contributed by atoms with van der Waals surface area (Å²) in [7, 11) is 0. The van der Waals surface area contributed by atoms with E-state index >= 15 is 0 Å². The van der Waals surface area contributed by atoms with Crippen molar-refractivity contribution in [1.29, 1.82) is 0 Å². The minimum absolute atomic E-state index is 0.0285. The Bertz CT molecular complexity index is 467. The van der Waals surface area contributed by atoms with Gasteiger partial charge in [-0.25, -0.2) is 0 Å². The van der Waals surface area contributed by atoms with E-state index in [1.807, 2.05) is 0 Å². The normalized spacial score (nSPS) is 20.2. The Balaban J connectivity index is 1.93. The standard InChI is InChI=1S/C13H18BrN3O2/c1-9-8-19-5-4-17(9)7-13(18)16-12-3-2-10(15)6-11(12)14/h2-3,6,9H,4-5,7-8,15H2,1H3,(H,16,18). The molecule has 19 heavy (non-hydrogen) atoms. The van der Waals surface area contributed by atoms with E-state index in [-0.39, 0.29) is 11.9 Å². The Labute approximate surface area is 121 Å². The quantitative estimate of drug-likeness (QED) is 0.829. The van der Waals surface area contributed by atoms with E-state index in [2.05, 4.69) is 33.1 Å². The number of halogens is 1. The fourth-order valence-electron chi connectivity index (χ4n) is 2.00. The highest BCUT2D eigenvalue weighted by Crippen LogP contribution is 2.24. The van der Waals surface area contributed by atoms with Crippen molar-refractivity contribution in [3.05, 3.63) is 22.7 Å². The number of carbonyl (C=O) groups excluding carboxylic acids is 1. The van der Waals surface area contributed by atoms with Crippen molar-refractivity contribution < 1.29 is 9.53 Å². The lowest BCUT2D eigenvalue weighted by Gasteiger charge is -2.32. The van der Waals surface area contributed by atoms with E-state index in [0.29, 0.717) is 25.4 Å². The van der Waals surface area contributed by atoms with Crippen LogP contribution in [0.5, 0.6) is 0 Å². The maximum Gasteiger partial charge on any atom is 0.238 e. The topological polar surface area (TPSA) is 67.6 Å². The summed E-state index contributed by atoms with van der Waals surface area (Å²) < 4.78 is 6.14. The van der Waals surface area contributed by atoms with Crippen molar-refractivity contribution in [3.8, 4) is 0 Å². The Morgan fingerprint density at radius 2 is 2.42 bits per heavy atom. The van der Waals surface area contributed by atoms with Gasteiger partial charge < -0.3 is 15.8 Å². The molecule has 5 nitrogen and oxygen atoms in total. The van der Waals surface area contributed by atoms with Gasteiger partial charge in [-0.2, -0.15) is 0 Å². The summed E-state index contributed by atoms with van der Waals surface area (Å²) in [4.78, 5) is 14.1. The number of nitrogens with zero attached hydrogens (tertiary/aromatic N) is 1. The third-order valence-electron chi connectivity index (χ3n) is 3.12. The molecule has 6 heteroatoms. The largest absolute Gasteiger partial charge is 0.399 e. The fourth-order valence-corrected chi connectivity index (χ4v) is 2.50. The van der Waals surface area contributed by atoms with Crippen LogP contribution in [0.3, 0.4) is 0 Å². The summed E-state index contributed by atoms with van der Waals surface area (Å²) in [5, 5.41) is 2.88. The second-order valence-electron chi connectivity index (χ2n) is 4.68. The summed E-state index contributed by atoms with van der Waals surface area (Å²) in [6.07, 6.45) is 0. The number of nitrogen functional groups attached to an aromatic ring is 1. The second-order valence-corrected chi connectivity index (χ2v) is 5.54. The van der Waals surface area contributed by atoms with Crippen LogP contribution >= 0.6 is 15.9 Å². The zero-order valence-corrected chi connectivity index (χ0v) is 12.4. The predicted molar refractivity (Wildman–Crippen MR) is 79.0 cm³/mol. The van der Waals surface area contributed by atoms with Gasteiger partial charge in [-0.15, -0.1) is 0 Å². The number of morpholine rings is 1. The molecule has 104 valence electrons. The molecule has 0 aliphatic carbocycles. The molecular formula is C13H18BrN3O2. The first-order chi connectivity index (χ1) is 9.06. The minimum Gasteiger partial charge on any atom is -0.399 e. The Hall–Kier alpha value is -1.11. The molecule has 0 spiro atoms. The molecule has 1 unspecified atom stereocenters. The molecule has 1 aromatic carbocycles.